The van der Waals surface area contributed by atoms with Crippen molar-refractivity contribution in [3.05, 3.63) is 70.7 Å². The number of nitrogens with one attached hydrogen (secondary N) is 2. The van der Waals surface area contributed by atoms with Crippen molar-refractivity contribution in [2.45, 2.75) is 12.5 Å². The highest BCUT2D eigenvalue weighted by Gasteiger charge is 2.18. The van der Waals surface area contributed by atoms with Gasteiger partial charge in [-0.15, -0.1) is 0 Å². The Morgan fingerprint density at radius 3 is 2.27 bits per heavy atom. The largest absolute Gasteiger partial charge is 0.353 e. The molecule has 0 aromatic heterocycles. The summed E-state index contributed by atoms with van der Waals surface area (Å²) in [6, 6.07) is 16.9. The van der Waals surface area contributed by atoms with Crippen LogP contribution >= 0.6 is 11.6 Å². The number of rotatable bonds is 8. The van der Waals surface area contributed by atoms with Crippen LogP contribution < -0.4 is 10.6 Å². The first kappa shape index (κ1) is 19.9. The highest BCUT2D eigenvalue weighted by Crippen LogP contribution is 2.25. The summed E-state index contributed by atoms with van der Waals surface area (Å²) in [7, 11) is 3.86. The standard InChI is InChI=1S/C20H24ClN3O2/c1-24(2)18(16-10-6-7-11-17(16)21)13-22-20(26)14-23-19(25)12-15-8-4-3-5-9-15/h3-11,18H,12-14H2,1-2H3,(H,22,26)(H,23,25)/t18-/m1/s1. The number of benzene rings is 2. The molecular formula is C20H24ClN3O2. The van der Waals surface area contributed by atoms with E-state index in [9.17, 15) is 9.59 Å². The molecule has 2 aromatic carbocycles. The molecule has 0 saturated heterocycles. The average Bonchev–Trinajstić information content (AvgIpc) is 2.62. The lowest BCUT2D eigenvalue weighted by Crippen LogP contribution is -2.41. The fourth-order valence-electron chi connectivity index (χ4n) is 2.61. The molecule has 0 fully saturated rings. The van der Waals surface area contributed by atoms with E-state index in [1.807, 2.05) is 73.6 Å². The van der Waals surface area contributed by atoms with E-state index in [2.05, 4.69) is 10.6 Å². The molecule has 0 aliphatic heterocycles. The Bertz CT molecular complexity index is 735. The first-order valence-corrected chi connectivity index (χ1v) is 8.83. The minimum absolute atomic E-state index is 0.0473. The van der Waals surface area contributed by atoms with Gasteiger partial charge in [0.15, 0.2) is 0 Å². The van der Waals surface area contributed by atoms with Gasteiger partial charge in [0.1, 0.15) is 0 Å². The van der Waals surface area contributed by atoms with E-state index in [0.717, 1.165) is 11.1 Å². The van der Waals surface area contributed by atoms with Crippen LogP contribution in [0.15, 0.2) is 54.6 Å². The maximum Gasteiger partial charge on any atom is 0.239 e. The van der Waals surface area contributed by atoms with Crippen LogP contribution in [0.1, 0.15) is 17.2 Å². The van der Waals surface area contributed by atoms with Crippen molar-refractivity contribution in [1.29, 1.82) is 0 Å². The third kappa shape index (κ3) is 6.17. The van der Waals surface area contributed by atoms with Gasteiger partial charge in [0.05, 0.1) is 19.0 Å². The molecule has 0 aliphatic carbocycles. The molecule has 2 rings (SSSR count). The smallest absolute Gasteiger partial charge is 0.239 e. The molecule has 0 heterocycles. The van der Waals surface area contributed by atoms with Crippen molar-refractivity contribution in [1.82, 2.24) is 15.5 Å². The lowest BCUT2D eigenvalue weighted by molar-refractivity contribution is -0.125. The van der Waals surface area contributed by atoms with Crippen molar-refractivity contribution >= 4 is 23.4 Å². The summed E-state index contributed by atoms with van der Waals surface area (Å²) in [4.78, 5) is 26.0. The number of carbonyl (C=O) groups excluding carboxylic acids is 2. The van der Waals surface area contributed by atoms with Gasteiger partial charge in [-0.1, -0.05) is 60.1 Å². The molecule has 2 N–H and O–H groups in total. The summed E-state index contributed by atoms with van der Waals surface area (Å²) >= 11 is 6.26. The third-order valence-electron chi connectivity index (χ3n) is 4.03. The number of hydrogen-bond acceptors (Lipinski definition) is 3. The summed E-state index contributed by atoms with van der Waals surface area (Å²) in [5.41, 5.74) is 1.87. The zero-order chi connectivity index (χ0) is 18.9. The van der Waals surface area contributed by atoms with Gasteiger partial charge >= 0.3 is 0 Å². The highest BCUT2D eigenvalue weighted by atomic mass is 35.5. The number of likely N-dealkylation sites (N-methyl/N-ethyl adjacent to an activating group) is 1. The fraction of sp³-hybridized carbons (Fsp3) is 0.300. The molecule has 1 atom stereocenters. The van der Waals surface area contributed by atoms with Crippen molar-refractivity contribution in [2.24, 2.45) is 0 Å². The maximum absolute atomic E-state index is 12.1. The Balaban J connectivity index is 1.81. The van der Waals surface area contributed by atoms with Gasteiger partial charge in [0.25, 0.3) is 0 Å². The summed E-state index contributed by atoms with van der Waals surface area (Å²) in [6.07, 6.45) is 0.258. The van der Waals surface area contributed by atoms with E-state index in [1.54, 1.807) is 0 Å². The van der Waals surface area contributed by atoms with Crippen LogP contribution in [0.4, 0.5) is 0 Å². The number of carbonyl (C=O) groups is 2. The third-order valence-corrected chi connectivity index (χ3v) is 4.38. The number of amides is 2. The summed E-state index contributed by atoms with van der Waals surface area (Å²) in [6.45, 7) is 0.360. The normalized spacial score (nSPS) is 11.8. The van der Waals surface area contributed by atoms with Crippen LogP contribution in [-0.4, -0.2) is 43.9 Å². The molecule has 2 amide bonds. The second kappa shape index (κ2) is 9.94. The van der Waals surface area contributed by atoms with E-state index in [1.165, 1.54) is 0 Å². The molecule has 0 spiro atoms. The molecule has 5 nitrogen and oxygen atoms in total. The van der Waals surface area contributed by atoms with Crippen LogP contribution in [0.25, 0.3) is 0 Å². The van der Waals surface area contributed by atoms with Crippen LogP contribution in [-0.2, 0) is 16.0 Å². The van der Waals surface area contributed by atoms with Gasteiger partial charge < -0.3 is 15.5 Å². The lowest BCUT2D eigenvalue weighted by Gasteiger charge is -2.26. The van der Waals surface area contributed by atoms with E-state index in [-0.39, 0.29) is 30.8 Å². The van der Waals surface area contributed by atoms with Gasteiger partial charge in [0.2, 0.25) is 11.8 Å². The first-order valence-electron chi connectivity index (χ1n) is 8.45. The Hall–Kier alpha value is -2.37. The Kier molecular flexibility index (Phi) is 7.63. The van der Waals surface area contributed by atoms with Crippen molar-refractivity contribution < 1.29 is 9.59 Å². The van der Waals surface area contributed by atoms with Crippen LogP contribution in [0.5, 0.6) is 0 Å². The topological polar surface area (TPSA) is 61.4 Å². The predicted molar refractivity (Wildman–Crippen MR) is 104 cm³/mol. The Morgan fingerprint density at radius 2 is 1.62 bits per heavy atom. The molecule has 138 valence electrons. The maximum atomic E-state index is 12.1. The molecule has 2 aromatic rings. The molecule has 0 saturated carbocycles. The van der Waals surface area contributed by atoms with Gasteiger partial charge in [-0.25, -0.2) is 0 Å². The minimum atomic E-state index is -0.231. The SMILES string of the molecule is CN(C)[C@H](CNC(=O)CNC(=O)Cc1ccccc1)c1ccccc1Cl. The first-order chi connectivity index (χ1) is 12.5. The van der Waals surface area contributed by atoms with E-state index in [0.29, 0.717) is 11.6 Å². The number of hydrogen-bond donors (Lipinski definition) is 2. The molecule has 6 heteroatoms. The Morgan fingerprint density at radius 1 is 0.962 bits per heavy atom. The van der Waals surface area contributed by atoms with Crippen molar-refractivity contribution in [2.75, 3.05) is 27.2 Å². The summed E-state index contributed by atoms with van der Waals surface area (Å²) < 4.78 is 0. The lowest BCUT2D eigenvalue weighted by atomic mass is 10.1. The molecule has 0 bridgehead atoms. The summed E-state index contributed by atoms with van der Waals surface area (Å²) in [5.74, 6) is -0.410. The summed E-state index contributed by atoms with van der Waals surface area (Å²) in [5, 5.41) is 6.16. The second-order valence-corrected chi connectivity index (χ2v) is 6.65. The molecule has 0 unspecified atom stereocenters. The molecule has 0 aliphatic rings. The minimum Gasteiger partial charge on any atom is -0.353 e. The fourth-order valence-corrected chi connectivity index (χ4v) is 2.87. The zero-order valence-corrected chi connectivity index (χ0v) is 15.8. The van der Waals surface area contributed by atoms with Crippen LogP contribution in [0, 0.1) is 0 Å². The monoisotopic (exact) mass is 373 g/mol. The molecule has 26 heavy (non-hydrogen) atoms. The van der Waals surface area contributed by atoms with Crippen molar-refractivity contribution in [3.63, 3.8) is 0 Å². The second-order valence-electron chi connectivity index (χ2n) is 6.24. The van der Waals surface area contributed by atoms with E-state index >= 15 is 0 Å². The Labute approximate surface area is 159 Å². The van der Waals surface area contributed by atoms with Gasteiger partial charge in [-0.2, -0.15) is 0 Å². The molecular weight excluding hydrogens is 350 g/mol. The number of nitrogens with zero attached hydrogens (tertiary/aromatic N) is 1. The van der Waals surface area contributed by atoms with Gasteiger partial charge in [-0.05, 0) is 31.3 Å². The van der Waals surface area contributed by atoms with E-state index in [4.69, 9.17) is 11.6 Å². The zero-order valence-electron chi connectivity index (χ0n) is 15.0. The van der Waals surface area contributed by atoms with Crippen molar-refractivity contribution in [3.8, 4) is 0 Å². The van der Waals surface area contributed by atoms with Gasteiger partial charge in [0, 0.05) is 11.6 Å². The predicted octanol–water partition coefficient (Wildman–Crippen LogP) is 2.42. The average molecular weight is 374 g/mol. The molecule has 0 radical (unpaired) electrons. The van der Waals surface area contributed by atoms with Crippen LogP contribution in [0.3, 0.4) is 0 Å². The number of halogens is 1. The van der Waals surface area contributed by atoms with E-state index < -0.39 is 0 Å². The van der Waals surface area contributed by atoms with Gasteiger partial charge in [-0.3, -0.25) is 9.59 Å². The van der Waals surface area contributed by atoms with Crippen LogP contribution in [0.2, 0.25) is 5.02 Å². The quantitative estimate of drug-likeness (QED) is 0.747. The highest BCUT2D eigenvalue weighted by molar-refractivity contribution is 6.31.